The van der Waals surface area contributed by atoms with Crippen molar-refractivity contribution in [2.75, 3.05) is 5.75 Å². The number of hydrogen-bond donors (Lipinski definition) is 0. The molecule has 1 saturated carbocycles. The zero-order valence-corrected chi connectivity index (χ0v) is 9.94. The third-order valence-corrected chi connectivity index (χ3v) is 4.38. The highest BCUT2D eigenvalue weighted by Crippen LogP contribution is 2.51. The van der Waals surface area contributed by atoms with Crippen molar-refractivity contribution >= 4 is 23.4 Å². The van der Waals surface area contributed by atoms with Gasteiger partial charge in [0.25, 0.3) is 0 Å². The van der Waals surface area contributed by atoms with Gasteiger partial charge in [0, 0.05) is 22.1 Å². The first-order valence-electron chi connectivity index (χ1n) is 4.99. The molecule has 0 spiro atoms. The van der Waals surface area contributed by atoms with Crippen LogP contribution in [0.1, 0.15) is 19.3 Å². The molecule has 0 aromatic heterocycles. The minimum absolute atomic E-state index is 0.319. The monoisotopic (exact) mass is 237 g/mol. The highest BCUT2D eigenvalue weighted by molar-refractivity contribution is 7.99. The maximum Gasteiger partial charge on any atom is 0.0627 e. The number of nitrogens with zero attached hydrogens (tertiary/aromatic N) is 1. The smallest absolute Gasteiger partial charge is 0.0627 e. The first kappa shape index (κ1) is 10.9. The minimum Gasteiger partial charge on any atom is -0.198 e. The van der Waals surface area contributed by atoms with E-state index in [2.05, 4.69) is 6.07 Å². The van der Waals surface area contributed by atoms with Crippen LogP contribution in [0.5, 0.6) is 0 Å². The van der Waals surface area contributed by atoms with Crippen molar-refractivity contribution in [1.82, 2.24) is 0 Å². The van der Waals surface area contributed by atoms with Crippen LogP contribution in [-0.4, -0.2) is 5.75 Å². The summed E-state index contributed by atoms with van der Waals surface area (Å²) in [6, 6.07) is 10.2. The molecular formula is C12H12ClNS. The van der Waals surface area contributed by atoms with Gasteiger partial charge in [0.2, 0.25) is 0 Å². The molecule has 3 heteroatoms. The van der Waals surface area contributed by atoms with Crippen LogP contribution in [0.3, 0.4) is 0 Å². The van der Waals surface area contributed by atoms with Gasteiger partial charge in [-0.25, -0.2) is 0 Å². The average molecular weight is 238 g/mol. The maximum absolute atomic E-state index is 8.70. The molecule has 0 aliphatic heterocycles. The third-order valence-electron chi connectivity index (χ3n) is 2.77. The van der Waals surface area contributed by atoms with Gasteiger partial charge in [-0.05, 0) is 42.5 Å². The molecule has 1 fully saturated rings. The lowest BCUT2D eigenvalue weighted by Gasteiger charge is -2.09. The predicted octanol–water partition coefficient (Wildman–Crippen LogP) is 4.13. The molecular weight excluding hydrogens is 226 g/mol. The summed E-state index contributed by atoms with van der Waals surface area (Å²) in [4.78, 5) is 1.24. The lowest BCUT2D eigenvalue weighted by Crippen LogP contribution is -2.02. The Morgan fingerprint density at radius 3 is 2.53 bits per heavy atom. The maximum atomic E-state index is 8.70. The Hall–Kier alpha value is -0.650. The summed E-state index contributed by atoms with van der Waals surface area (Å²) in [7, 11) is 0. The van der Waals surface area contributed by atoms with Crippen molar-refractivity contribution < 1.29 is 0 Å². The predicted molar refractivity (Wildman–Crippen MR) is 64.1 cm³/mol. The van der Waals surface area contributed by atoms with Crippen molar-refractivity contribution in [2.45, 2.75) is 24.2 Å². The number of benzene rings is 1. The van der Waals surface area contributed by atoms with Gasteiger partial charge < -0.3 is 0 Å². The second kappa shape index (κ2) is 4.47. The summed E-state index contributed by atoms with van der Waals surface area (Å²) in [6.07, 6.45) is 3.12. The highest BCUT2D eigenvalue weighted by atomic mass is 35.5. The fraction of sp³-hybridized carbons (Fsp3) is 0.417. The summed E-state index contributed by atoms with van der Waals surface area (Å²) in [5, 5.41) is 9.47. The Labute approximate surface area is 99.4 Å². The van der Waals surface area contributed by atoms with E-state index >= 15 is 0 Å². The Morgan fingerprint density at radius 2 is 2.00 bits per heavy atom. The van der Waals surface area contributed by atoms with Crippen LogP contribution in [0.15, 0.2) is 29.2 Å². The molecule has 15 heavy (non-hydrogen) atoms. The molecule has 0 bridgehead atoms. The number of thioether (sulfide) groups is 1. The van der Waals surface area contributed by atoms with E-state index in [0.29, 0.717) is 11.8 Å². The molecule has 78 valence electrons. The number of nitriles is 1. The van der Waals surface area contributed by atoms with Gasteiger partial charge >= 0.3 is 0 Å². The van der Waals surface area contributed by atoms with Crippen LogP contribution in [0.25, 0.3) is 0 Å². The molecule has 0 amide bonds. The fourth-order valence-electron chi connectivity index (χ4n) is 1.48. The number of hydrogen-bond acceptors (Lipinski definition) is 2. The number of halogens is 1. The largest absolute Gasteiger partial charge is 0.198 e. The summed E-state index contributed by atoms with van der Waals surface area (Å²) in [5.74, 6) is 1.06. The van der Waals surface area contributed by atoms with Crippen molar-refractivity contribution in [3.05, 3.63) is 29.3 Å². The van der Waals surface area contributed by atoms with Gasteiger partial charge in [0.05, 0.1) is 6.07 Å². The van der Waals surface area contributed by atoms with E-state index in [4.69, 9.17) is 16.9 Å². The molecule has 1 aromatic carbocycles. The molecule has 0 unspecified atom stereocenters. The van der Waals surface area contributed by atoms with E-state index in [9.17, 15) is 0 Å². The third kappa shape index (κ3) is 2.90. The first-order valence-corrected chi connectivity index (χ1v) is 6.36. The van der Waals surface area contributed by atoms with Gasteiger partial charge in [-0.15, -0.1) is 11.8 Å². The Balaban J connectivity index is 1.88. The standard InChI is InChI=1S/C12H12ClNS/c13-10-1-3-11(4-2-10)15-9-12(5-6-12)7-8-14/h1-4H,5-7,9H2. The van der Waals surface area contributed by atoms with Crippen molar-refractivity contribution in [3.63, 3.8) is 0 Å². The van der Waals surface area contributed by atoms with Crippen molar-refractivity contribution in [3.8, 4) is 6.07 Å². The Morgan fingerprint density at radius 1 is 1.33 bits per heavy atom. The van der Waals surface area contributed by atoms with E-state index in [1.54, 1.807) is 0 Å². The minimum atomic E-state index is 0.319. The second-order valence-corrected chi connectivity index (χ2v) is 5.56. The fourth-order valence-corrected chi connectivity index (χ4v) is 2.80. The van der Waals surface area contributed by atoms with Crippen LogP contribution in [0, 0.1) is 16.7 Å². The van der Waals surface area contributed by atoms with Gasteiger partial charge in [-0.3, -0.25) is 0 Å². The van der Waals surface area contributed by atoms with Crippen LogP contribution in [-0.2, 0) is 0 Å². The van der Waals surface area contributed by atoms with E-state index in [-0.39, 0.29) is 0 Å². The zero-order chi connectivity index (χ0) is 10.7. The highest BCUT2D eigenvalue weighted by Gasteiger charge is 2.42. The summed E-state index contributed by atoms with van der Waals surface area (Å²) in [5.41, 5.74) is 0.319. The van der Waals surface area contributed by atoms with E-state index in [1.807, 2.05) is 36.0 Å². The molecule has 2 rings (SSSR count). The van der Waals surface area contributed by atoms with Crippen LogP contribution in [0.4, 0.5) is 0 Å². The van der Waals surface area contributed by atoms with Gasteiger partial charge in [-0.1, -0.05) is 11.6 Å². The molecule has 0 heterocycles. The lowest BCUT2D eigenvalue weighted by molar-refractivity contribution is 0.604. The zero-order valence-electron chi connectivity index (χ0n) is 8.37. The van der Waals surface area contributed by atoms with Gasteiger partial charge in [0.15, 0.2) is 0 Å². The van der Waals surface area contributed by atoms with Crippen molar-refractivity contribution in [2.24, 2.45) is 5.41 Å². The molecule has 0 atom stereocenters. The van der Waals surface area contributed by atoms with Crippen molar-refractivity contribution in [1.29, 1.82) is 5.26 Å². The molecule has 1 aliphatic rings. The van der Waals surface area contributed by atoms with Crippen LogP contribution >= 0.6 is 23.4 Å². The summed E-state index contributed by atoms with van der Waals surface area (Å²) < 4.78 is 0. The quantitative estimate of drug-likeness (QED) is 0.736. The molecule has 1 aliphatic carbocycles. The molecule has 0 N–H and O–H groups in total. The Bertz CT molecular complexity index is 376. The average Bonchev–Trinajstić information content (AvgIpc) is 2.99. The molecule has 0 radical (unpaired) electrons. The summed E-state index contributed by atoms with van der Waals surface area (Å²) >= 11 is 7.64. The molecule has 1 aromatic rings. The SMILES string of the molecule is N#CCC1(CSc2ccc(Cl)cc2)CC1. The second-order valence-electron chi connectivity index (χ2n) is 4.08. The van der Waals surface area contributed by atoms with Gasteiger partial charge in [0.1, 0.15) is 0 Å². The van der Waals surface area contributed by atoms with E-state index in [0.717, 1.165) is 10.8 Å². The van der Waals surface area contributed by atoms with Crippen LogP contribution < -0.4 is 0 Å². The number of rotatable bonds is 4. The first-order chi connectivity index (χ1) is 7.24. The normalized spacial score (nSPS) is 17.1. The van der Waals surface area contributed by atoms with E-state index in [1.165, 1.54) is 17.7 Å². The van der Waals surface area contributed by atoms with Crippen LogP contribution in [0.2, 0.25) is 5.02 Å². The molecule has 0 saturated heterocycles. The summed E-state index contributed by atoms with van der Waals surface area (Å²) in [6.45, 7) is 0. The lowest BCUT2D eigenvalue weighted by atomic mass is 10.1. The molecule has 1 nitrogen and oxygen atoms in total. The Kier molecular flexibility index (Phi) is 3.23. The van der Waals surface area contributed by atoms with E-state index < -0.39 is 0 Å². The topological polar surface area (TPSA) is 23.8 Å². The van der Waals surface area contributed by atoms with Gasteiger partial charge in [-0.2, -0.15) is 5.26 Å².